The molecule has 0 N–H and O–H groups in total. The van der Waals surface area contributed by atoms with Crippen LogP contribution in [0.25, 0.3) is 11.5 Å². The van der Waals surface area contributed by atoms with E-state index in [0.717, 1.165) is 0 Å². The first kappa shape index (κ1) is 18.7. The first-order chi connectivity index (χ1) is 14.1. The van der Waals surface area contributed by atoms with E-state index in [4.69, 9.17) is 4.52 Å². The van der Waals surface area contributed by atoms with E-state index < -0.39 is 0 Å². The number of nitrogens with zero attached hydrogens (tertiary/aromatic N) is 8. The molecule has 0 spiro atoms. The van der Waals surface area contributed by atoms with Gasteiger partial charge in [-0.2, -0.15) is 4.98 Å². The van der Waals surface area contributed by atoms with Crippen LogP contribution in [0.5, 0.6) is 0 Å². The lowest BCUT2D eigenvalue weighted by Crippen LogP contribution is -2.49. The van der Waals surface area contributed by atoms with Crippen molar-refractivity contribution in [3.8, 4) is 11.5 Å². The molecule has 1 saturated heterocycles. The van der Waals surface area contributed by atoms with Crippen LogP contribution in [0.3, 0.4) is 0 Å². The average molecular weight is 396 g/mol. The van der Waals surface area contributed by atoms with E-state index >= 15 is 0 Å². The Bertz CT molecular complexity index is 1040. The predicted molar refractivity (Wildman–Crippen MR) is 102 cm³/mol. The second kappa shape index (κ2) is 8.17. The van der Waals surface area contributed by atoms with Gasteiger partial charge in [-0.05, 0) is 13.0 Å². The number of hydrogen-bond acceptors (Lipinski definition) is 9. The molecule has 0 saturated carbocycles. The second-order valence-corrected chi connectivity index (χ2v) is 6.62. The third kappa shape index (κ3) is 4.13. The summed E-state index contributed by atoms with van der Waals surface area (Å²) >= 11 is 0. The van der Waals surface area contributed by atoms with Gasteiger partial charge < -0.3 is 14.3 Å². The van der Waals surface area contributed by atoms with Gasteiger partial charge in [0.1, 0.15) is 5.56 Å². The molecule has 0 radical (unpaired) electrons. The number of carbonyl (C=O) groups is 1. The Balaban J connectivity index is 1.35. The van der Waals surface area contributed by atoms with Crippen molar-refractivity contribution in [2.45, 2.75) is 19.9 Å². The van der Waals surface area contributed by atoms with Gasteiger partial charge in [0, 0.05) is 57.7 Å². The van der Waals surface area contributed by atoms with E-state index in [-0.39, 0.29) is 35.9 Å². The van der Waals surface area contributed by atoms with Crippen LogP contribution in [0.2, 0.25) is 0 Å². The van der Waals surface area contributed by atoms with Crippen LogP contribution in [0.15, 0.2) is 40.3 Å². The van der Waals surface area contributed by atoms with E-state index in [1.165, 1.54) is 17.1 Å². The van der Waals surface area contributed by atoms with Crippen molar-refractivity contribution in [2.75, 3.05) is 31.1 Å². The van der Waals surface area contributed by atoms with Gasteiger partial charge in [-0.3, -0.25) is 14.2 Å². The first-order valence-corrected chi connectivity index (χ1v) is 9.26. The molecule has 0 bridgehead atoms. The minimum Gasteiger partial charge on any atom is -0.339 e. The van der Waals surface area contributed by atoms with Gasteiger partial charge in [0.2, 0.25) is 11.9 Å². The topological polar surface area (TPSA) is 123 Å². The highest BCUT2D eigenvalue weighted by Crippen LogP contribution is 2.12. The van der Waals surface area contributed by atoms with Crippen LogP contribution in [0, 0.1) is 6.92 Å². The highest BCUT2D eigenvalue weighted by Gasteiger charge is 2.22. The Kier molecular flexibility index (Phi) is 5.27. The average Bonchev–Trinajstić information content (AvgIpc) is 3.19. The molecule has 3 aromatic heterocycles. The Morgan fingerprint density at radius 1 is 1.17 bits per heavy atom. The number of piperazine rings is 1. The molecule has 0 atom stereocenters. The minimum atomic E-state index is -0.317. The number of aromatic nitrogens is 6. The molecular weight excluding hydrogens is 376 g/mol. The molecule has 0 aliphatic carbocycles. The van der Waals surface area contributed by atoms with E-state index in [0.29, 0.717) is 38.0 Å². The summed E-state index contributed by atoms with van der Waals surface area (Å²) in [6.45, 7) is 4.42. The smallest absolute Gasteiger partial charge is 0.266 e. The van der Waals surface area contributed by atoms with Crippen LogP contribution in [0.1, 0.15) is 12.2 Å². The van der Waals surface area contributed by atoms with E-state index in [1.807, 2.05) is 4.90 Å². The van der Waals surface area contributed by atoms with Crippen LogP contribution >= 0.6 is 0 Å². The van der Waals surface area contributed by atoms with Crippen molar-refractivity contribution >= 4 is 11.9 Å². The fourth-order valence-electron chi connectivity index (χ4n) is 3.15. The van der Waals surface area contributed by atoms with Crippen LogP contribution in [-0.4, -0.2) is 66.6 Å². The quantitative estimate of drug-likeness (QED) is 0.592. The summed E-state index contributed by atoms with van der Waals surface area (Å²) in [5.74, 6) is 1.22. The normalized spacial score (nSPS) is 14.2. The Labute approximate surface area is 166 Å². The van der Waals surface area contributed by atoms with Crippen molar-refractivity contribution < 1.29 is 9.32 Å². The molecule has 1 fully saturated rings. The van der Waals surface area contributed by atoms with E-state index in [2.05, 4.69) is 25.1 Å². The third-order valence-electron chi connectivity index (χ3n) is 4.69. The van der Waals surface area contributed by atoms with Gasteiger partial charge >= 0.3 is 0 Å². The maximum atomic E-state index is 12.6. The van der Waals surface area contributed by atoms with Crippen molar-refractivity contribution in [3.05, 3.63) is 47.2 Å². The zero-order chi connectivity index (χ0) is 20.2. The summed E-state index contributed by atoms with van der Waals surface area (Å²) in [6, 6.07) is 1.77. The molecular formula is C18H20N8O3. The fraction of sp³-hybridized carbons (Fsp3) is 0.389. The van der Waals surface area contributed by atoms with Gasteiger partial charge in [0.25, 0.3) is 11.4 Å². The standard InChI is InChI=1S/C18H20N8O3/c1-13-22-16(29-23-13)14-11-19-12-26(17(14)28)6-3-15(27)24-7-9-25(10-8-24)18-20-4-2-5-21-18/h2,4-5,11-12H,3,6-10H2,1H3. The zero-order valence-electron chi connectivity index (χ0n) is 15.9. The lowest BCUT2D eigenvalue weighted by molar-refractivity contribution is -0.131. The van der Waals surface area contributed by atoms with Crippen molar-refractivity contribution in [2.24, 2.45) is 0 Å². The van der Waals surface area contributed by atoms with Gasteiger partial charge in [0.15, 0.2) is 5.82 Å². The summed E-state index contributed by atoms with van der Waals surface area (Å²) in [5.41, 5.74) is -0.0977. The largest absolute Gasteiger partial charge is 0.339 e. The Morgan fingerprint density at radius 3 is 2.62 bits per heavy atom. The van der Waals surface area contributed by atoms with Gasteiger partial charge in [0.05, 0.1) is 6.33 Å². The van der Waals surface area contributed by atoms with Gasteiger partial charge in [-0.1, -0.05) is 5.16 Å². The summed E-state index contributed by atoms with van der Waals surface area (Å²) in [6.07, 6.45) is 6.41. The van der Waals surface area contributed by atoms with Crippen LogP contribution in [0.4, 0.5) is 5.95 Å². The van der Waals surface area contributed by atoms with E-state index in [9.17, 15) is 9.59 Å². The summed E-state index contributed by atoms with van der Waals surface area (Å²) in [7, 11) is 0. The van der Waals surface area contributed by atoms with Gasteiger partial charge in [-0.15, -0.1) is 0 Å². The number of hydrogen-bond donors (Lipinski definition) is 0. The number of rotatable bonds is 5. The molecule has 4 rings (SSSR count). The Morgan fingerprint density at radius 2 is 1.93 bits per heavy atom. The zero-order valence-corrected chi connectivity index (χ0v) is 15.9. The van der Waals surface area contributed by atoms with E-state index in [1.54, 1.807) is 30.3 Å². The molecule has 150 valence electrons. The lowest BCUT2D eigenvalue weighted by Gasteiger charge is -2.34. The molecule has 0 aromatic carbocycles. The second-order valence-electron chi connectivity index (χ2n) is 6.62. The molecule has 0 unspecified atom stereocenters. The first-order valence-electron chi connectivity index (χ1n) is 9.26. The molecule has 11 nitrogen and oxygen atoms in total. The molecule has 1 aliphatic rings. The summed E-state index contributed by atoms with van der Waals surface area (Å²) < 4.78 is 6.44. The van der Waals surface area contributed by atoms with Gasteiger partial charge in [-0.25, -0.2) is 15.0 Å². The van der Waals surface area contributed by atoms with Crippen molar-refractivity contribution in [1.82, 2.24) is 34.6 Å². The number of anilines is 1. The molecule has 29 heavy (non-hydrogen) atoms. The fourth-order valence-corrected chi connectivity index (χ4v) is 3.15. The molecule has 11 heteroatoms. The highest BCUT2D eigenvalue weighted by molar-refractivity contribution is 5.76. The Hall–Kier alpha value is -3.63. The van der Waals surface area contributed by atoms with Crippen LogP contribution < -0.4 is 10.5 Å². The molecule has 3 aromatic rings. The maximum Gasteiger partial charge on any atom is 0.266 e. The number of carbonyl (C=O) groups excluding carboxylic acids is 1. The minimum absolute atomic E-state index is 0.00966. The summed E-state index contributed by atoms with van der Waals surface area (Å²) in [5, 5.41) is 3.69. The lowest BCUT2D eigenvalue weighted by atomic mass is 10.2. The number of aryl methyl sites for hydroxylation is 2. The molecule has 1 amide bonds. The molecule has 1 aliphatic heterocycles. The third-order valence-corrected chi connectivity index (χ3v) is 4.69. The SMILES string of the molecule is Cc1noc(-c2cncn(CCC(=O)N3CCN(c4ncccn4)CC3)c2=O)n1. The molecule has 4 heterocycles. The van der Waals surface area contributed by atoms with Crippen molar-refractivity contribution in [1.29, 1.82) is 0 Å². The number of amides is 1. The maximum absolute atomic E-state index is 12.6. The van der Waals surface area contributed by atoms with Crippen molar-refractivity contribution in [3.63, 3.8) is 0 Å². The van der Waals surface area contributed by atoms with Crippen LogP contribution in [-0.2, 0) is 11.3 Å². The highest BCUT2D eigenvalue weighted by atomic mass is 16.5. The summed E-state index contributed by atoms with van der Waals surface area (Å²) in [4.78, 5) is 45.6. The predicted octanol–water partition coefficient (Wildman–Crippen LogP) is 0.131. The monoisotopic (exact) mass is 396 g/mol.